The lowest BCUT2D eigenvalue weighted by Crippen LogP contribution is -2.21. The van der Waals surface area contributed by atoms with Crippen LogP contribution in [0, 0.1) is 10.1 Å². The average Bonchev–Trinajstić information content (AvgIpc) is 2.82. The van der Waals surface area contributed by atoms with Gasteiger partial charge in [-0.3, -0.25) is 4.90 Å². The van der Waals surface area contributed by atoms with Crippen LogP contribution in [-0.4, -0.2) is 50.6 Å². The predicted molar refractivity (Wildman–Crippen MR) is 51.4 cm³/mol. The molecule has 1 unspecified atom stereocenters. The van der Waals surface area contributed by atoms with Crippen molar-refractivity contribution in [2.75, 3.05) is 19.6 Å². The molecule has 1 atom stereocenters. The van der Waals surface area contributed by atoms with Gasteiger partial charge < -0.3 is 15.2 Å². The molecule has 0 saturated carbocycles. The number of rotatable bonds is 5. The number of nitrogens with zero attached hydrogens (tertiary/aromatic N) is 3. The van der Waals surface area contributed by atoms with E-state index in [1.807, 2.05) is 0 Å². The summed E-state index contributed by atoms with van der Waals surface area (Å²) in [5.41, 5.74) is 0.524. The Morgan fingerprint density at radius 3 is 3.00 bits per heavy atom. The van der Waals surface area contributed by atoms with Gasteiger partial charge in [-0.2, -0.15) is 0 Å². The van der Waals surface area contributed by atoms with Crippen LogP contribution in [0.25, 0.3) is 0 Å². The third-order valence-electron chi connectivity index (χ3n) is 2.24. The van der Waals surface area contributed by atoms with Crippen LogP contribution >= 0.6 is 0 Å². The Morgan fingerprint density at radius 1 is 1.73 bits per heavy atom. The van der Waals surface area contributed by atoms with Gasteiger partial charge >= 0.3 is 5.95 Å². The molecule has 0 amide bonds. The molecule has 1 aliphatic rings. The zero-order valence-corrected chi connectivity index (χ0v) is 8.09. The monoisotopic (exact) mass is 212 g/mol. The first-order valence-electron chi connectivity index (χ1n) is 4.74. The van der Waals surface area contributed by atoms with Crippen LogP contribution < -0.4 is 0 Å². The third-order valence-corrected chi connectivity index (χ3v) is 2.24. The standard InChI is InChI=1S/C8H12N4O3/c13-7(5-11-1-2-11)3-6-4-9-8(10-6)12(14)15/h4,7,13H,1-3,5H2,(H,9,10). The summed E-state index contributed by atoms with van der Waals surface area (Å²) >= 11 is 0. The lowest BCUT2D eigenvalue weighted by Gasteiger charge is -2.06. The highest BCUT2D eigenvalue weighted by Gasteiger charge is 2.22. The quantitative estimate of drug-likeness (QED) is 0.391. The molecule has 0 bridgehead atoms. The summed E-state index contributed by atoms with van der Waals surface area (Å²) in [4.78, 5) is 18.0. The molecular weight excluding hydrogens is 200 g/mol. The Hall–Kier alpha value is -1.47. The molecule has 2 rings (SSSR count). The second-order valence-electron chi connectivity index (χ2n) is 3.63. The minimum absolute atomic E-state index is 0.274. The fourth-order valence-corrected chi connectivity index (χ4v) is 1.40. The van der Waals surface area contributed by atoms with E-state index < -0.39 is 11.0 Å². The van der Waals surface area contributed by atoms with Crippen molar-refractivity contribution in [1.29, 1.82) is 0 Å². The lowest BCUT2D eigenvalue weighted by molar-refractivity contribution is -0.393. The zero-order valence-electron chi connectivity index (χ0n) is 8.09. The van der Waals surface area contributed by atoms with Crippen LogP contribution in [0.5, 0.6) is 0 Å². The number of aliphatic hydroxyl groups excluding tert-OH is 1. The van der Waals surface area contributed by atoms with Gasteiger partial charge in [-0.05, 0) is 4.92 Å². The molecule has 0 aromatic carbocycles. The second-order valence-corrected chi connectivity index (χ2v) is 3.63. The van der Waals surface area contributed by atoms with Crippen molar-refractivity contribution in [2.24, 2.45) is 0 Å². The van der Waals surface area contributed by atoms with Gasteiger partial charge in [-0.25, -0.2) is 4.98 Å². The van der Waals surface area contributed by atoms with E-state index in [4.69, 9.17) is 0 Å². The Morgan fingerprint density at radius 2 is 2.47 bits per heavy atom. The Balaban J connectivity index is 1.88. The molecule has 1 aromatic heterocycles. The molecule has 0 radical (unpaired) electrons. The molecular formula is C8H12N4O3. The smallest absolute Gasteiger partial charge is 0.391 e. The summed E-state index contributed by atoms with van der Waals surface area (Å²) in [6.45, 7) is 2.66. The van der Waals surface area contributed by atoms with E-state index in [9.17, 15) is 15.2 Å². The molecule has 15 heavy (non-hydrogen) atoms. The van der Waals surface area contributed by atoms with E-state index in [1.165, 1.54) is 6.20 Å². The van der Waals surface area contributed by atoms with Crippen molar-refractivity contribution in [2.45, 2.75) is 12.5 Å². The number of H-pyrrole nitrogens is 1. The SMILES string of the molecule is O=[N+]([O-])c1nc(CC(O)CN2CC2)c[nH]1. The van der Waals surface area contributed by atoms with Gasteiger partial charge in [-0.1, -0.05) is 4.98 Å². The van der Waals surface area contributed by atoms with Gasteiger partial charge in [0.15, 0.2) is 5.69 Å². The van der Waals surface area contributed by atoms with Crippen LogP contribution in [0.3, 0.4) is 0 Å². The van der Waals surface area contributed by atoms with E-state index in [0.29, 0.717) is 18.7 Å². The maximum Gasteiger partial charge on any atom is 0.432 e. The fraction of sp³-hybridized carbons (Fsp3) is 0.625. The topological polar surface area (TPSA) is 95.1 Å². The van der Waals surface area contributed by atoms with E-state index in [1.54, 1.807) is 0 Å². The van der Waals surface area contributed by atoms with Gasteiger partial charge in [0.05, 0.1) is 6.10 Å². The fourth-order valence-electron chi connectivity index (χ4n) is 1.40. The van der Waals surface area contributed by atoms with Gasteiger partial charge in [0, 0.05) is 26.1 Å². The van der Waals surface area contributed by atoms with Crippen molar-refractivity contribution >= 4 is 5.95 Å². The molecule has 0 spiro atoms. The maximum atomic E-state index is 10.3. The Kier molecular flexibility index (Phi) is 2.65. The number of aliphatic hydroxyl groups is 1. The van der Waals surface area contributed by atoms with Crippen LogP contribution in [0.2, 0.25) is 0 Å². The molecule has 1 fully saturated rings. The summed E-state index contributed by atoms with van der Waals surface area (Å²) in [6.07, 6.45) is 1.31. The Labute approximate surface area is 85.9 Å². The van der Waals surface area contributed by atoms with Crippen LogP contribution in [-0.2, 0) is 6.42 Å². The molecule has 1 aromatic rings. The summed E-state index contributed by atoms with van der Waals surface area (Å²) in [6, 6.07) is 0. The first-order chi connectivity index (χ1) is 7.15. The number of hydrogen-bond acceptors (Lipinski definition) is 5. The van der Waals surface area contributed by atoms with Crippen molar-refractivity contribution in [1.82, 2.24) is 14.9 Å². The number of imidazole rings is 1. The summed E-state index contributed by atoms with van der Waals surface area (Å²) in [5, 5.41) is 19.9. The average molecular weight is 212 g/mol. The van der Waals surface area contributed by atoms with Gasteiger partial charge in [-0.15, -0.1) is 0 Å². The third kappa shape index (κ3) is 2.74. The number of aromatic nitrogens is 2. The largest absolute Gasteiger partial charge is 0.432 e. The van der Waals surface area contributed by atoms with Crippen molar-refractivity contribution in [3.05, 3.63) is 22.0 Å². The first kappa shape index (κ1) is 10.1. The zero-order chi connectivity index (χ0) is 10.8. The van der Waals surface area contributed by atoms with E-state index in [2.05, 4.69) is 14.9 Å². The van der Waals surface area contributed by atoms with Crippen LogP contribution in [0.1, 0.15) is 5.69 Å². The highest BCUT2D eigenvalue weighted by Crippen LogP contribution is 2.10. The van der Waals surface area contributed by atoms with Gasteiger partial charge in [0.1, 0.15) is 6.20 Å². The van der Waals surface area contributed by atoms with E-state index >= 15 is 0 Å². The van der Waals surface area contributed by atoms with Gasteiger partial charge in [0.25, 0.3) is 0 Å². The normalized spacial score (nSPS) is 17.7. The highest BCUT2D eigenvalue weighted by atomic mass is 16.6. The van der Waals surface area contributed by atoms with Crippen LogP contribution in [0.15, 0.2) is 6.20 Å². The molecule has 1 aliphatic heterocycles. The minimum atomic E-state index is -0.583. The minimum Gasteiger partial charge on any atom is -0.391 e. The number of nitrogens with one attached hydrogen (secondary N) is 1. The maximum absolute atomic E-state index is 10.3. The van der Waals surface area contributed by atoms with Crippen molar-refractivity contribution in [3.8, 4) is 0 Å². The molecule has 0 aliphatic carbocycles. The lowest BCUT2D eigenvalue weighted by atomic mass is 10.2. The number of aromatic amines is 1. The van der Waals surface area contributed by atoms with E-state index in [0.717, 1.165) is 13.1 Å². The molecule has 2 N–H and O–H groups in total. The predicted octanol–water partition coefficient (Wildman–Crippen LogP) is -0.463. The molecule has 7 nitrogen and oxygen atoms in total. The Bertz CT molecular complexity index is 361. The summed E-state index contributed by atoms with van der Waals surface area (Å²) < 4.78 is 0. The van der Waals surface area contributed by atoms with E-state index in [-0.39, 0.29) is 5.95 Å². The summed E-state index contributed by atoms with van der Waals surface area (Å²) in [7, 11) is 0. The number of nitro groups is 1. The highest BCUT2D eigenvalue weighted by molar-refractivity contribution is 5.11. The number of hydrogen-bond donors (Lipinski definition) is 2. The molecule has 2 heterocycles. The molecule has 82 valence electrons. The molecule has 7 heteroatoms. The number of β-amino-alcohol motifs (C(OH)–C–C–N with tert-alkyl or cyclic N) is 1. The summed E-state index contributed by atoms with van der Waals surface area (Å²) in [5.74, 6) is -0.274. The second kappa shape index (κ2) is 3.95. The van der Waals surface area contributed by atoms with Gasteiger partial charge in [0.2, 0.25) is 0 Å². The van der Waals surface area contributed by atoms with Crippen molar-refractivity contribution in [3.63, 3.8) is 0 Å². The first-order valence-corrected chi connectivity index (χ1v) is 4.74. The molecule has 1 saturated heterocycles. The van der Waals surface area contributed by atoms with Crippen LogP contribution in [0.4, 0.5) is 5.95 Å². The van der Waals surface area contributed by atoms with Crippen molar-refractivity contribution < 1.29 is 10.0 Å².